The molecule has 0 saturated heterocycles. The molecule has 374 valence electrons. The van der Waals surface area contributed by atoms with E-state index in [1.54, 1.807) is 0 Å². The van der Waals surface area contributed by atoms with Crippen LogP contribution < -0.4 is 4.90 Å². The van der Waals surface area contributed by atoms with E-state index in [0.717, 1.165) is 17.1 Å². The highest BCUT2D eigenvalue weighted by Gasteiger charge is 2.15. The highest BCUT2D eigenvalue weighted by atomic mass is 15.1. The molecular formula is C78H57N. The van der Waals surface area contributed by atoms with Crippen LogP contribution in [0, 0.1) is 0 Å². The number of rotatable bonds is 15. The van der Waals surface area contributed by atoms with Crippen molar-refractivity contribution in [2.45, 2.75) is 0 Å². The Hall–Kier alpha value is -10.3. The lowest BCUT2D eigenvalue weighted by Gasteiger charge is -2.26. The molecule has 0 aliphatic heterocycles. The second-order valence-corrected chi connectivity index (χ2v) is 19.8. The van der Waals surface area contributed by atoms with E-state index in [-0.39, 0.29) is 0 Å². The Labute approximate surface area is 465 Å². The van der Waals surface area contributed by atoms with Crippen molar-refractivity contribution in [3.8, 4) is 66.8 Å². The smallest absolute Gasteiger partial charge is 0.0462 e. The van der Waals surface area contributed by atoms with Crippen LogP contribution in [-0.4, -0.2) is 0 Å². The summed E-state index contributed by atoms with van der Waals surface area (Å²) in [5.74, 6) is 0. The largest absolute Gasteiger partial charge is 0.311 e. The quantitative estimate of drug-likeness (QED) is 0.0925. The highest BCUT2D eigenvalue weighted by Crippen LogP contribution is 2.39. The minimum atomic E-state index is 1.08. The predicted octanol–water partition coefficient (Wildman–Crippen LogP) is 21.7. The fourth-order valence-corrected chi connectivity index (χ4v) is 10.1. The molecule has 0 aromatic heterocycles. The van der Waals surface area contributed by atoms with Gasteiger partial charge in [-0.05, 0) is 137 Å². The maximum absolute atomic E-state index is 2.35. The van der Waals surface area contributed by atoms with Gasteiger partial charge >= 0.3 is 0 Å². The number of hydrogen-bond acceptors (Lipinski definition) is 1. The summed E-state index contributed by atoms with van der Waals surface area (Å²) in [5, 5.41) is 0. The monoisotopic (exact) mass is 1010 g/mol. The summed E-state index contributed by atoms with van der Waals surface area (Å²) in [6.07, 6.45) is 13.0. The molecule has 79 heavy (non-hydrogen) atoms. The molecule has 12 aromatic carbocycles. The van der Waals surface area contributed by atoms with Crippen LogP contribution in [0.1, 0.15) is 33.4 Å². The SMILES string of the molecule is C(=C\c1ccc(-c2ccc(-c3ccc(N(c4ccc(-c5ccc(-c6ccc(/C=C/c7ccccc7)cc6)cc5)cc4)c4ccc(-c5ccc(-c6ccc(/C=C/c7ccccc7)cc6)cc5)cc4)cc3)cc2)cc1)/c1ccccc1. The third kappa shape index (κ3) is 12.2. The summed E-state index contributed by atoms with van der Waals surface area (Å²) in [6, 6.07) is 111. The molecular weight excluding hydrogens is 951 g/mol. The van der Waals surface area contributed by atoms with Gasteiger partial charge in [0.05, 0.1) is 0 Å². The minimum Gasteiger partial charge on any atom is -0.311 e. The van der Waals surface area contributed by atoms with Crippen molar-refractivity contribution < 1.29 is 0 Å². The van der Waals surface area contributed by atoms with Gasteiger partial charge in [0.25, 0.3) is 0 Å². The molecule has 0 bridgehead atoms. The molecule has 12 rings (SSSR count). The van der Waals surface area contributed by atoms with Crippen LogP contribution in [0.2, 0.25) is 0 Å². The molecule has 0 unspecified atom stereocenters. The van der Waals surface area contributed by atoms with Crippen LogP contribution in [0.5, 0.6) is 0 Å². The van der Waals surface area contributed by atoms with Crippen molar-refractivity contribution in [1.82, 2.24) is 0 Å². The van der Waals surface area contributed by atoms with E-state index in [2.05, 4.69) is 333 Å². The van der Waals surface area contributed by atoms with Crippen molar-refractivity contribution in [2.75, 3.05) is 4.90 Å². The molecule has 0 saturated carbocycles. The second kappa shape index (κ2) is 23.7. The van der Waals surface area contributed by atoms with E-state index >= 15 is 0 Å². The van der Waals surface area contributed by atoms with Crippen LogP contribution in [0.4, 0.5) is 17.1 Å². The summed E-state index contributed by atoms with van der Waals surface area (Å²) in [7, 11) is 0. The summed E-state index contributed by atoms with van der Waals surface area (Å²) in [6.45, 7) is 0. The van der Waals surface area contributed by atoms with Gasteiger partial charge in [-0.1, -0.05) is 309 Å². The fraction of sp³-hybridized carbons (Fsp3) is 0. The van der Waals surface area contributed by atoms with E-state index in [1.165, 1.54) is 100 Å². The van der Waals surface area contributed by atoms with Gasteiger partial charge in [-0.15, -0.1) is 0 Å². The number of hydrogen-bond donors (Lipinski definition) is 0. The van der Waals surface area contributed by atoms with Gasteiger partial charge in [-0.3, -0.25) is 0 Å². The molecule has 1 heteroatoms. The standard InChI is InChI=1S/C78H57N/c1-4-10-58(11-5-1)16-19-61-22-28-64(29-23-61)67-34-40-70(41-35-67)73-46-52-76(53-47-73)79(77-54-48-74(49-55-77)71-42-36-68(37-43-71)65-30-24-62(25-31-65)20-17-59-12-6-2-7-13-59)78-56-50-75(51-57-78)72-44-38-69(39-45-72)66-32-26-63(27-33-66)21-18-60-14-8-3-9-15-60/h1-57H/b19-16+,20-17+,21-18+. The molecule has 0 N–H and O–H groups in total. The Morgan fingerprint density at radius 2 is 0.278 bits per heavy atom. The zero-order valence-corrected chi connectivity index (χ0v) is 43.9. The Morgan fingerprint density at radius 1 is 0.139 bits per heavy atom. The maximum Gasteiger partial charge on any atom is 0.0462 e. The van der Waals surface area contributed by atoms with Crippen LogP contribution in [0.25, 0.3) is 103 Å². The van der Waals surface area contributed by atoms with Gasteiger partial charge in [0.15, 0.2) is 0 Å². The van der Waals surface area contributed by atoms with Gasteiger partial charge in [-0.25, -0.2) is 0 Å². The lowest BCUT2D eigenvalue weighted by Crippen LogP contribution is -2.09. The molecule has 0 aliphatic carbocycles. The molecule has 12 aromatic rings. The van der Waals surface area contributed by atoms with E-state index in [4.69, 9.17) is 0 Å². The lowest BCUT2D eigenvalue weighted by atomic mass is 9.98. The predicted molar refractivity (Wildman–Crippen MR) is 340 cm³/mol. The molecule has 0 fully saturated rings. The molecule has 0 spiro atoms. The van der Waals surface area contributed by atoms with E-state index in [1.807, 2.05) is 18.2 Å². The summed E-state index contributed by atoms with van der Waals surface area (Å²) in [4.78, 5) is 2.35. The van der Waals surface area contributed by atoms with Gasteiger partial charge in [-0.2, -0.15) is 0 Å². The van der Waals surface area contributed by atoms with Gasteiger partial charge in [0.2, 0.25) is 0 Å². The summed E-state index contributed by atoms with van der Waals surface area (Å²) < 4.78 is 0. The second-order valence-electron chi connectivity index (χ2n) is 19.8. The lowest BCUT2D eigenvalue weighted by molar-refractivity contribution is 1.28. The first-order chi connectivity index (χ1) is 39.1. The maximum atomic E-state index is 2.35. The van der Waals surface area contributed by atoms with Gasteiger partial charge < -0.3 is 4.90 Å². The Morgan fingerprint density at radius 3 is 0.456 bits per heavy atom. The number of nitrogens with zero attached hydrogens (tertiary/aromatic N) is 1. The minimum absolute atomic E-state index is 1.08. The van der Waals surface area contributed by atoms with Gasteiger partial charge in [0.1, 0.15) is 0 Å². The zero-order chi connectivity index (χ0) is 53.0. The van der Waals surface area contributed by atoms with Crippen molar-refractivity contribution >= 4 is 53.5 Å². The molecule has 0 heterocycles. The van der Waals surface area contributed by atoms with Crippen LogP contribution >= 0.6 is 0 Å². The average molecular weight is 1010 g/mol. The molecule has 0 aliphatic rings. The zero-order valence-electron chi connectivity index (χ0n) is 43.9. The van der Waals surface area contributed by atoms with Crippen LogP contribution in [0.3, 0.4) is 0 Å². The van der Waals surface area contributed by atoms with Crippen molar-refractivity contribution in [3.63, 3.8) is 0 Å². The molecule has 1 nitrogen and oxygen atoms in total. The third-order valence-electron chi connectivity index (χ3n) is 14.6. The van der Waals surface area contributed by atoms with Crippen molar-refractivity contribution in [3.05, 3.63) is 343 Å². The van der Waals surface area contributed by atoms with E-state index < -0.39 is 0 Å². The van der Waals surface area contributed by atoms with Crippen molar-refractivity contribution in [1.29, 1.82) is 0 Å². The summed E-state index contributed by atoms with van der Waals surface area (Å²) in [5.41, 5.74) is 24.6. The molecule has 0 amide bonds. The van der Waals surface area contributed by atoms with Crippen molar-refractivity contribution in [2.24, 2.45) is 0 Å². The summed E-state index contributed by atoms with van der Waals surface area (Å²) >= 11 is 0. The molecule has 0 radical (unpaired) electrons. The topological polar surface area (TPSA) is 3.24 Å². The van der Waals surface area contributed by atoms with Gasteiger partial charge in [0, 0.05) is 17.1 Å². The normalized spacial score (nSPS) is 11.4. The van der Waals surface area contributed by atoms with Crippen LogP contribution in [0.15, 0.2) is 309 Å². The first-order valence-electron chi connectivity index (χ1n) is 27.0. The average Bonchev–Trinajstić information content (AvgIpc) is 3.54. The molecule has 0 atom stereocenters. The Kier molecular flexibility index (Phi) is 14.9. The van der Waals surface area contributed by atoms with E-state index in [9.17, 15) is 0 Å². The number of anilines is 3. The highest BCUT2D eigenvalue weighted by molar-refractivity contribution is 5.83. The first kappa shape index (κ1) is 49.5. The van der Waals surface area contributed by atoms with E-state index in [0.29, 0.717) is 0 Å². The third-order valence-corrected chi connectivity index (χ3v) is 14.6. The Bertz CT molecular complexity index is 3540. The first-order valence-corrected chi connectivity index (χ1v) is 27.0. The Balaban J connectivity index is 0.773. The van der Waals surface area contributed by atoms with Crippen LogP contribution in [-0.2, 0) is 0 Å². The fourth-order valence-electron chi connectivity index (χ4n) is 10.1. The number of benzene rings is 12.